The van der Waals surface area contributed by atoms with E-state index < -0.39 is 0 Å². The predicted molar refractivity (Wildman–Crippen MR) is 104 cm³/mol. The molecule has 0 atom stereocenters. The van der Waals surface area contributed by atoms with Gasteiger partial charge in [-0.2, -0.15) is 0 Å². The maximum absolute atomic E-state index is 5.33. The first kappa shape index (κ1) is 17.5. The summed E-state index contributed by atoms with van der Waals surface area (Å²) < 4.78 is 10.6. The van der Waals surface area contributed by atoms with Gasteiger partial charge in [0.05, 0.1) is 14.2 Å². The van der Waals surface area contributed by atoms with Crippen LogP contribution in [0.25, 0.3) is 0 Å². The lowest BCUT2D eigenvalue weighted by molar-refractivity contribution is 0.355. The first-order valence-electron chi connectivity index (χ1n) is 8.39. The lowest BCUT2D eigenvalue weighted by Gasteiger charge is -2.12. The number of hydrogen-bond donors (Lipinski definition) is 2. The number of benzene rings is 2. The molecule has 0 aliphatic rings. The number of aromatic nitrogens is 2. The highest BCUT2D eigenvalue weighted by Gasteiger charge is 2.07. The summed E-state index contributed by atoms with van der Waals surface area (Å²) in [5.74, 6) is 2.74. The lowest BCUT2D eigenvalue weighted by Crippen LogP contribution is -2.00. The zero-order valence-corrected chi connectivity index (χ0v) is 15.1. The van der Waals surface area contributed by atoms with Gasteiger partial charge in [-0.15, -0.1) is 0 Å². The zero-order valence-electron chi connectivity index (χ0n) is 15.1. The molecule has 26 heavy (non-hydrogen) atoms. The molecule has 0 aliphatic carbocycles. The molecule has 0 aliphatic heterocycles. The zero-order chi connectivity index (χ0) is 18.4. The van der Waals surface area contributed by atoms with Crippen LogP contribution in [0.3, 0.4) is 0 Å². The van der Waals surface area contributed by atoms with Crippen LogP contribution >= 0.6 is 0 Å². The summed E-state index contributed by atoms with van der Waals surface area (Å²) in [6, 6.07) is 15.7. The minimum atomic E-state index is 0.654. The van der Waals surface area contributed by atoms with E-state index in [2.05, 4.69) is 33.6 Å². The molecule has 134 valence electrons. The Kier molecular flexibility index (Phi) is 5.53. The van der Waals surface area contributed by atoms with E-state index in [1.165, 1.54) is 11.9 Å². The van der Waals surface area contributed by atoms with Crippen molar-refractivity contribution in [3.05, 3.63) is 60.4 Å². The first-order chi connectivity index (χ1) is 12.7. The summed E-state index contributed by atoms with van der Waals surface area (Å²) in [4.78, 5) is 8.59. The molecule has 1 heterocycles. The molecule has 3 rings (SSSR count). The highest BCUT2D eigenvalue weighted by molar-refractivity contribution is 5.66. The third-order valence-electron chi connectivity index (χ3n) is 3.98. The van der Waals surface area contributed by atoms with E-state index >= 15 is 0 Å². The molecule has 0 amide bonds. The summed E-state index contributed by atoms with van der Waals surface area (Å²) in [6.45, 7) is 2.13. The van der Waals surface area contributed by atoms with E-state index in [1.54, 1.807) is 14.2 Å². The van der Waals surface area contributed by atoms with Crippen LogP contribution in [0.15, 0.2) is 54.9 Å². The molecular weight excluding hydrogens is 328 g/mol. The average molecular weight is 350 g/mol. The standard InChI is InChI=1S/C20H22N4O2/c1-4-14-7-5-6-8-16(14)24-20-12-19(21-13-22-20)23-15-9-10-17(25-2)18(11-15)26-3/h5-13H,4H2,1-3H3,(H2,21,22,23,24). The van der Waals surface area contributed by atoms with Gasteiger partial charge in [0.1, 0.15) is 18.0 Å². The topological polar surface area (TPSA) is 68.3 Å². The van der Waals surface area contributed by atoms with Crippen molar-refractivity contribution >= 4 is 23.0 Å². The number of rotatable bonds is 7. The monoisotopic (exact) mass is 350 g/mol. The van der Waals surface area contributed by atoms with E-state index in [0.717, 1.165) is 23.6 Å². The molecule has 0 spiro atoms. The maximum atomic E-state index is 5.33. The highest BCUT2D eigenvalue weighted by atomic mass is 16.5. The second kappa shape index (κ2) is 8.20. The van der Waals surface area contributed by atoms with Gasteiger partial charge in [-0.05, 0) is 30.2 Å². The average Bonchev–Trinajstić information content (AvgIpc) is 2.68. The molecule has 0 fully saturated rings. The minimum absolute atomic E-state index is 0.654. The Morgan fingerprint density at radius 2 is 1.58 bits per heavy atom. The number of methoxy groups -OCH3 is 2. The van der Waals surface area contributed by atoms with E-state index in [0.29, 0.717) is 17.3 Å². The van der Waals surface area contributed by atoms with Crippen molar-refractivity contribution in [3.8, 4) is 11.5 Å². The summed E-state index contributed by atoms with van der Waals surface area (Å²) in [5, 5.41) is 6.61. The van der Waals surface area contributed by atoms with Crippen LogP contribution in [0.2, 0.25) is 0 Å². The third-order valence-corrected chi connectivity index (χ3v) is 3.98. The second-order valence-electron chi connectivity index (χ2n) is 5.62. The molecule has 0 saturated heterocycles. The Hall–Kier alpha value is -3.28. The highest BCUT2D eigenvalue weighted by Crippen LogP contribution is 2.31. The van der Waals surface area contributed by atoms with Crippen molar-refractivity contribution in [2.45, 2.75) is 13.3 Å². The predicted octanol–water partition coefficient (Wildman–Crippen LogP) is 4.54. The summed E-state index contributed by atoms with van der Waals surface area (Å²) in [6.07, 6.45) is 2.48. The number of nitrogens with one attached hydrogen (secondary N) is 2. The summed E-state index contributed by atoms with van der Waals surface area (Å²) >= 11 is 0. The van der Waals surface area contributed by atoms with Crippen LogP contribution in [0, 0.1) is 0 Å². The fraction of sp³-hybridized carbons (Fsp3) is 0.200. The molecule has 0 saturated carbocycles. The van der Waals surface area contributed by atoms with Gasteiger partial charge in [-0.3, -0.25) is 0 Å². The Bertz CT molecular complexity index is 883. The SMILES string of the molecule is CCc1ccccc1Nc1cc(Nc2ccc(OC)c(OC)c2)ncn1. The van der Waals surface area contributed by atoms with E-state index in [1.807, 2.05) is 42.5 Å². The van der Waals surface area contributed by atoms with Gasteiger partial charge in [0, 0.05) is 23.5 Å². The van der Waals surface area contributed by atoms with E-state index in [-0.39, 0.29) is 0 Å². The Morgan fingerprint density at radius 3 is 2.31 bits per heavy atom. The number of nitrogens with zero attached hydrogens (tertiary/aromatic N) is 2. The minimum Gasteiger partial charge on any atom is -0.493 e. The van der Waals surface area contributed by atoms with Gasteiger partial charge >= 0.3 is 0 Å². The van der Waals surface area contributed by atoms with E-state index in [4.69, 9.17) is 9.47 Å². The number of anilines is 4. The number of aryl methyl sites for hydroxylation is 1. The fourth-order valence-electron chi connectivity index (χ4n) is 2.64. The van der Waals surface area contributed by atoms with Gasteiger partial charge in [0.2, 0.25) is 0 Å². The molecular formula is C20H22N4O2. The van der Waals surface area contributed by atoms with Crippen molar-refractivity contribution in [1.82, 2.24) is 9.97 Å². The Morgan fingerprint density at radius 1 is 0.846 bits per heavy atom. The van der Waals surface area contributed by atoms with Gasteiger partial charge in [0.25, 0.3) is 0 Å². The first-order valence-corrected chi connectivity index (χ1v) is 8.39. The van der Waals surface area contributed by atoms with Gasteiger partial charge in [-0.1, -0.05) is 25.1 Å². The molecule has 2 aromatic carbocycles. The molecule has 0 bridgehead atoms. The van der Waals surface area contributed by atoms with Crippen molar-refractivity contribution in [2.24, 2.45) is 0 Å². The van der Waals surface area contributed by atoms with Crippen LogP contribution in [-0.4, -0.2) is 24.2 Å². The lowest BCUT2D eigenvalue weighted by atomic mass is 10.1. The third kappa shape index (κ3) is 4.03. The molecule has 6 nitrogen and oxygen atoms in total. The van der Waals surface area contributed by atoms with Crippen LogP contribution in [-0.2, 0) is 6.42 Å². The smallest absolute Gasteiger partial charge is 0.162 e. The Labute approximate surface area is 153 Å². The van der Waals surface area contributed by atoms with Gasteiger partial charge in [0.15, 0.2) is 11.5 Å². The quantitative estimate of drug-likeness (QED) is 0.652. The van der Waals surface area contributed by atoms with Crippen molar-refractivity contribution in [2.75, 3.05) is 24.9 Å². The molecule has 0 radical (unpaired) electrons. The van der Waals surface area contributed by atoms with Gasteiger partial charge in [-0.25, -0.2) is 9.97 Å². The number of para-hydroxylation sites is 1. The molecule has 1 aromatic heterocycles. The van der Waals surface area contributed by atoms with Crippen LogP contribution in [0.1, 0.15) is 12.5 Å². The largest absolute Gasteiger partial charge is 0.493 e. The normalized spacial score (nSPS) is 10.3. The van der Waals surface area contributed by atoms with Crippen molar-refractivity contribution < 1.29 is 9.47 Å². The Balaban J connectivity index is 1.79. The number of hydrogen-bond acceptors (Lipinski definition) is 6. The van der Waals surface area contributed by atoms with Crippen LogP contribution < -0.4 is 20.1 Å². The second-order valence-corrected chi connectivity index (χ2v) is 5.62. The molecule has 6 heteroatoms. The van der Waals surface area contributed by atoms with Crippen LogP contribution in [0.5, 0.6) is 11.5 Å². The summed E-state index contributed by atoms with van der Waals surface area (Å²) in [5.41, 5.74) is 3.13. The molecule has 3 aromatic rings. The number of ether oxygens (including phenoxy) is 2. The molecule has 0 unspecified atom stereocenters. The van der Waals surface area contributed by atoms with Crippen molar-refractivity contribution in [3.63, 3.8) is 0 Å². The maximum Gasteiger partial charge on any atom is 0.162 e. The van der Waals surface area contributed by atoms with Gasteiger partial charge < -0.3 is 20.1 Å². The van der Waals surface area contributed by atoms with Crippen LogP contribution in [0.4, 0.5) is 23.0 Å². The van der Waals surface area contributed by atoms with E-state index in [9.17, 15) is 0 Å². The van der Waals surface area contributed by atoms with Crippen molar-refractivity contribution in [1.29, 1.82) is 0 Å². The molecule has 2 N–H and O–H groups in total. The fourth-order valence-corrected chi connectivity index (χ4v) is 2.64. The summed E-state index contributed by atoms with van der Waals surface area (Å²) in [7, 11) is 3.22.